The van der Waals surface area contributed by atoms with Crippen molar-refractivity contribution in [3.63, 3.8) is 0 Å². The number of nitrogens with zero attached hydrogens (tertiary/aromatic N) is 3. The zero-order chi connectivity index (χ0) is 26.4. The summed E-state index contributed by atoms with van der Waals surface area (Å²) in [4.78, 5) is 32.3. The molecule has 4 rings (SSSR count). The van der Waals surface area contributed by atoms with Crippen LogP contribution in [-0.2, 0) is 4.79 Å². The molecule has 1 aromatic heterocycles. The van der Waals surface area contributed by atoms with Gasteiger partial charge in [0.2, 0.25) is 11.9 Å². The van der Waals surface area contributed by atoms with E-state index < -0.39 is 11.8 Å². The molecule has 0 bridgehead atoms. The molecule has 0 saturated heterocycles. The number of hydrogen-bond donors (Lipinski definition) is 1. The Kier molecular flexibility index (Phi) is 8.28. The summed E-state index contributed by atoms with van der Waals surface area (Å²) in [5.74, 6) is 0.205. The third kappa shape index (κ3) is 6.20. The summed E-state index contributed by atoms with van der Waals surface area (Å²) in [6.45, 7) is 3.62. The van der Waals surface area contributed by atoms with Gasteiger partial charge in [-0.1, -0.05) is 47.5 Å². The van der Waals surface area contributed by atoms with E-state index >= 15 is 0 Å². The van der Waals surface area contributed by atoms with Crippen molar-refractivity contribution in [1.82, 2.24) is 14.5 Å². The van der Waals surface area contributed by atoms with E-state index in [0.29, 0.717) is 16.7 Å². The zero-order valence-corrected chi connectivity index (χ0v) is 21.5. The van der Waals surface area contributed by atoms with Crippen LogP contribution < -0.4 is 10.1 Å². The fourth-order valence-electron chi connectivity index (χ4n) is 3.70. The Morgan fingerprint density at radius 1 is 1.08 bits per heavy atom. The molecule has 1 heterocycles. The van der Waals surface area contributed by atoms with Crippen LogP contribution in [0, 0.1) is 0 Å². The Morgan fingerprint density at radius 3 is 2.46 bits per heavy atom. The number of benzene rings is 3. The van der Waals surface area contributed by atoms with Crippen LogP contribution in [0.15, 0.2) is 91.6 Å². The maximum absolute atomic E-state index is 13.1. The monoisotopic (exact) mass is 534 g/mol. The van der Waals surface area contributed by atoms with Crippen molar-refractivity contribution in [3.8, 4) is 22.7 Å². The number of hydrogen-bond acceptors (Lipinski definition) is 4. The van der Waals surface area contributed by atoms with Crippen LogP contribution in [-0.4, -0.2) is 46.5 Å². The van der Waals surface area contributed by atoms with Gasteiger partial charge in [-0.05, 0) is 54.6 Å². The molecule has 0 radical (unpaired) electrons. The Hall–Kier alpha value is -4.07. The number of anilines is 1. The van der Waals surface area contributed by atoms with E-state index in [1.807, 2.05) is 60.8 Å². The molecule has 0 spiro atoms. The Morgan fingerprint density at radius 2 is 1.81 bits per heavy atom. The fourth-order valence-corrected chi connectivity index (χ4v) is 4.19. The van der Waals surface area contributed by atoms with E-state index in [0.717, 1.165) is 17.0 Å². The van der Waals surface area contributed by atoms with Crippen LogP contribution >= 0.6 is 23.2 Å². The first-order chi connectivity index (χ1) is 17.9. The summed E-state index contributed by atoms with van der Waals surface area (Å²) in [6.07, 6.45) is 3.38. The molecule has 0 fully saturated rings. The van der Waals surface area contributed by atoms with E-state index in [9.17, 15) is 9.59 Å². The van der Waals surface area contributed by atoms with Crippen molar-refractivity contribution in [2.75, 3.05) is 25.5 Å². The van der Waals surface area contributed by atoms with E-state index in [4.69, 9.17) is 27.9 Å². The van der Waals surface area contributed by atoms with Crippen LogP contribution in [0.5, 0.6) is 5.75 Å². The second kappa shape index (κ2) is 11.8. The molecule has 0 saturated carbocycles. The number of imidazole rings is 1. The van der Waals surface area contributed by atoms with Crippen LogP contribution in [0.25, 0.3) is 16.9 Å². The number of carbonyl (C=O) groups excluding carboxylic acids is 2. The highest BCUT2D eigenvalue weighted by atomic mass is 35.5. The molecule has 3 aromatic carbocycles. The Labute approximate surface area is 224 Å². The van der Waals surface area contributed by atoms with Gasteiger partial charge < -0.3 is 9.64 Å². The molecule has 4 aromatic rings. The maximum Gasteiger partial charge on any atom is 0.256 e. The fraction of sp³-hybridized carbons (Fsp3) is 0.107. The minimum Gasteiger partial charge on any atom is -0.497 e. The second-order valence-corrected chi connectivity index (χ2v) is 8.87. The van der Waals surface area contributed by atoms with Gasteiger partial charge in [-0.15, -0.1) is 6.58 Å². The topological polar surface area (TPSA) is 76.5 Å². The largest absolute Gasteiger partial charge is 0.497 e. The van der Waals surface area contributed by atoms with Gasteiger partial charge >= 0.3 is 0 Å². The molecule has 0 aliphatic rings. The molecule has 0 aliphatic heterocycles. The lowest BCUT2D eigenvalue weighted by atomic mass is 10.1. The predicted octanol–water partition coefficient (Wildman–Crippen LogP) is 6.12. The van der Waals surface area contributed by atoms with Crippen molar-refractivity contribution >= 4 is 41.0 Å². The van der Waals surface area contributed by atoms with Gasteiger partial charge in [0.1, 0.15) is 12.3 Å². The first-order valence-corrected chi connectivity index (χ1v) is 12.1. The third-order valence-electron chi connectivity index (χ3n) is 5.51. The number of rotatable bonds is 9. The first-order valence-electron chi connectivity index (χ1n) is 11.3. The summed E-state index contributed by atoms with van der Waals surface area (Å²) in [5.41, 5.74) is 2.57. The summed E-state index contributed by atoms with van der Waals surface area (Å²) in [7, 11) is 1.61. The number of ether oxygens (including phenoxy) is 1. The minimum absolute atomic E-state index is 0.148. The van der Waals surface area contributed by atoms with Crippen LogP contribution in [0.3, 0.4) is 0 Å². The molecule has 1 N–H and O–H groups in total. The lowest BCUT2D eigenvalue weighted by Gasteiger charge is -2.21. The summed E-state index contributed by atoms with van der Waals surface area (Å²) < 4.78 is 7.03. The first kappa shape index (κ1) is 26.0. The summed E-state index contributed by atoms with van der Waals surface area (Å²) in [5, 5.41) is 3.46. The van der Waals surface area contributed by atoms with Crippen molar-refractivity contribution in [2.45, 2.75) is 0 Å². The summed E-state index contributed by atoms with van der Waals surface area (Å²) in [6, 6.07) is 21.6. The van der Waals surface area contributed by atoms with Crippen LogP contribution in [0.2, 0.25) is 10.0 Å². The van der Waals surface area contributed by atoms with Crippen LogP contribution in [0.4, 0.5) is 5.95 Å². The lowest BCUT2D eigenvalue weighted by molar-refractivity contribution is -0.116. The van der Waals surface area contributed by atoms with Gasteiger partial charge in [0.05, 0.1) is 23.4 Å². The number of amides is 2. The van der Waals surface area contributed by atoms with Gasteiger partial charge in [-0.2, -0.15) is 0 Å². The van der Waals surface area contributed by atoms with Crippen molar-refractivity contribution in [2.24, 2.45) is 0 Å². The Balaban J connectivity index is 1.60. The lowest BCUT2D eigenvalue weighted by Crippen LogP contribution is -2.38. The number of carbonyl (C=O) groups is 2. The number of methoxy groups -OCH3 is 1. The quantitative estimate of drug-likeness (QED) is 0.262. The van der Waals surface area contributed by atoms with Gasteiger partial charge in [0.25, 0.3) is 5.91 Å². The number of halogens is 2. The van der Waals surface area contributed by atoms with Gasteiger partial charge in [0, 0.05) is 29.0 Å². The van der Waals surface area contributed by atoms with Crippen molar-refractivity contribution in [1.29, 1.82) is 0 Å². The smallest absolute Gasteiger partial charge is 0.256 e. The second-order valence-electron chi connectivity index (χ2n) is 8.03. The van der Waals surface area contributed by atoms with Crippen molar-refractivity contribution in [3.05, 3.63) is 107 Å². The Bertz CT molecular complexity index is 1420. The average molecular weight is 535 g/mol. The SMILES string of the molecule is C=CCN(CC(=O)Nc1nc(-c2ccc(OC)cc2)cn1-c1ccccc1)C(=O)c1ccc(Cl)cc1Cl. The molecule has 0 aliphatic carbocycles. The minimum atomic E-state index is -0.427. The number of nitrogens with one attached hydrogen (secondary N) is 1. The molecule has 7 nitrogen and oxygen atoms in total. The van der Waals surface area contributed by atoms with E-state index in [1.54, 1.807) is 23.8 Å². The van der Waals surface area contributed by atoms with E-state index in [1.165, 1.54) is 17.0 Å². The molecule has 37 heavy (non-hydrogen) atoms. The molecular weight excluding hydrogens is 511 g/mol. The highest BCUT2D eigenvalue weighted by Crippen LogP contribution is 2.26. The van der Waals surface area contributed by atoms with Gasteiger partial charge in [-0.3, -0.25) is 19.5 Å². The molecule has 9 heteroatoms. The zero-order valence-electron chi connectivity index (χ0n) is 20.0. The van der Waals surface area contributed by atoms with E-state index in [-0.39, 0.29) is 23.7 Å². The average Bonchev–Trinajstić information content (AvgIpc) is 3.32. The highest BCUT2D eigenvalue weighted by molar-refractivity contribution is 6.36. The predicted molar refractivity (Wildman–Crippen MR) is 147 cm³/mol. The highest BCUT2D eigenvalue weighted by Gasteiger charge is 2.22. The molecule has 0 atom stereocenters. The normalized spacial score (nSPS) is 10.6. The third-order valence-corrected chi connectivity index (χ3v) is 6.06. The maximum atomic E-state index is 13.1. The van der Waals surface area contributed by atoms with Crippen LogP contribution in [0.1, 0.15) is 10.4 Å². The number of aromatic nitrogens is 2. The summed E-state index contributed by atoms with van der Waals surface area (Å²) >= 11 is 12.2. The molecule has 2 amide bonds. The molecule has 0 unspecified atom stereocenters. The number of para-hydroxylation sites is 1. The molecule has 188 valence electrons. The molecular formula is C28H24Cl2N4O3. The van der Waals surface area contributed by atoms with Gasteiger partial charge in [-0.25, -0.2) is 4.98 Å². The standard InChI is InChI=1S/C28H24Cl2N4O3/c1-3-15-33(27(36)23-14-11-20(29)16-24(23)30)18-26(35)32-28-31-25(19-9-12-22(37-2)13-10-19)17-34(28)21-7-5-4-6-8-21/h3-14,16-17H,1,15,18H2,2H3,(H,31,32,35). The van der Waals surface area contributed by atoms with Gasteiger partial charge in [0.15, 0.2) is 0 Å². The van der Waals surface area contributed by atoms with Crippen molar-refractivity contribution < 1.29 is 14.3 Å². The van der Waals surface area contributed by atoms with E-state index in [2.05, 4.69) is 16.9 Å².